The Morgan fingerprint density at radius 1 is 1.53 bits per heavy atom. The summed E-state index contributed by atoms with van der Waals surface area (Å²) in [6, 6.07) is 0. The van der Waals surface area contributed by atoms with E-state index in [4.69, 9.17) is 4.98 Å². The number of nitrogens with one attached hydrogen (secondary N) is 1. The SMILES string of the molecule is CNC1(c2nc(C(C)C)cs2)CC(C)C1. The van der Waals surface area contributed by atoms with Gasteiger partial charge in [0, 0.05) is 5.38 Å². The van der Waals surface area contributed by atoms with Crippen LogP contribution in [0.3, 0.4) is 0 Å². The van der Waals surface area contributed by atoms with Crippen molar-refractivity contribution in [1.29, 1.82) is 0 Å². The molecule has 0 amide bonds. The van der Waals surface area contributed by atoms with E-state index in [2.05, 4.69) is 38.5 Å². The van der Waals surface area contributed by atoms with Crippen LogP contribution in [0.4, 0.5) is 0 Å². The van der Waals surface area contributed by atoms with E-state index < -0.39 is 0 Å². The van der Waals surface area contributed by atoms with Gasteiger partial charge < -0.3 is 5.32 Å². The molecule has 0 unspecified atom stereocenters. The van der Waals surface area contributed by atoms with Gasteiger partial charge in [-0.2, -0.15) is 0 Å². The van der Waals surface area contributed by atoms with Gasteiger partial charge in [0.25, 0.3) is 0 Å². The predicted molar refractivity (Wildman–Crippen MR) is 65.3 cm³/mol. The van der Waals surface area contributed by atoms with E-state index in [1.54, 1.807) is 0 Å². The molecule has 84 valence electrons. The summed E-state index contributed by atoms with van der Waals surface area (Å²) in [5, 5.41) is 6.96. The maximum absolute atomic E-state index is 4.77. The zero-order valence-electron chi connectivity index (χ0n) is 10.0. The van der Waals surface area contributed by atoms with Crippen LogP contribution in [0.2, 0.25) is 0 Å². The summed E-state index contributed by atoms with van der Waals surface area (Å²) in [4.78, 5) is 4.77. The highest BCUT2D eigenvalue weighted by Gasteiger charge is 2.44. The molecule has 0 aliphatic heterocycles. The lowest BCUT2D eigenvalue weighted by molar-refractivity contribution is 0.124. The summed E-state index contributed by atoms with van der Waals surface area (Å²) in [6.07, 6.45) is 2.46. The molecule has 1 aromatic rings. The lowest BCUT2D eigenvalue weighted by Crippen LogP contribution is -2.50. The van der Waals surface area contributed by atoms with Crippen LogP contribution in [0.15, 0.2) is 5.38 Å². The number of hydrogen-bond acceptors (Lipinski definition) is 3. The lowest BCUT2D eigenvalue weighted by atomic mass is 9.69. The molecular formula is C12H20N2S. The Morgan fingerprint density at radius 3 is 2.60 bits per heavy atom. The number of nitrogens with zero attached hydrogens (tertiary/aromatic N) is 1. The van der Waals surface area contributed by atoms with Crippen molar-refractivity contribution in [3.05, 3.63) is 16.1 Å². The first-order valence-corrected chi connectivity index (χ1v) is 6.60. The Morgan fingerprint density at radius 2 is 2.20 bits per heavy atom. The van der Waals surface area contributed by atoms with Gasteiger partial charge in [0.15, 0.2) is 0 Å². The standard InChI is InChI=1S/C12H20N2S/c1-8(2)10-7-15-11(14-10)12(13-4)5-9(3)6-12/h7-9,13H,5-6H2,1-4H3. The molecule has 0 spiro atoms. The molecule has 1 fully saturated rings. The van der Waals surface area contributed by atoms with Crippen molar-refractivity contribution < 1.29 is 0 Å². The van der Waals surface area contributed by atoms with Crippen molar-refractivity contribution in [1.82, 2.24) is 10.3 Å². The predicted octanol–water partition coefficient (Wildman–Crippen LogP) is 3.11. The Bertz CT molecular complexity index is 337. The van der Waals surface area contributed by atoms with Crippen molar-refractivity contribution in [3.8, 4) is 0 Å². The van der Waals surface area contributed by atoms with Crippen molar-refractivity contribution in [2.75, 3.05) is 7.05 Å². The first-order valence-electron chi connectivity index (χ1n) is 5.72. The van der Waals surface area contributed by atoms with Crippen LogP contribution < -0.4 is 5.32 Å². The lowest BCUT2D eigenvalue weighted by Gasteiger charge is -2.45. The van der Waals surface area contributed by atoms with Crippen LogP contribution in [-0.4, -0.2) is 12.0 Å². The second-order valence-electron chi connectivity index (χ2n) is 5.08. The molecule has 1 N–H and O–H groups in total. The van der Waals surface area contributed by atoms with E-state index in [1.165, 1.54) is 23.5 Å². The van der Waals surface area contributed by atoms with Crippen LogP contribution in [0.5, 0.6) is 0 Å². The highest BCUT2D eigenvalue weighted by Crippen LogP contribution is 2.46. The van der Waals surface area contributed by atoms with Crippen molar-refractivity contribution >= 4 is 11.3 Å². The van der Waals surface area contributed by atoms with Gasteiger partial charge in [-0.05, 0) is 31.7 Å². The zero-order valence-corrected chi connectivity index (χ0v) is 10.8. The van der Waals surface area contributed by atoms with Crippen molar-refractivity contribution in [2.24, 2.45) is 5.92 Å². The van der Waals surface area contributed by atoms with Gasteiger partial charge in [0.05, 0.1) is 11.2 Å². The van der Waals surface area contributed by atoms with Gasteiger partial charge in [-0.15, -0.1) is 11.3 Å². The van der Waals surface area contributed by atoms with E-state index in [-0.39, 0.29) is 5.54 Å². The first-order chi connectivity index (χ1) is 7.07. The topological polar surface area (TPSA) is 24.9 Å². The fraction of sp³-hybridized carbons (Fsp3) is 0.750. The molecule has 15 heavy (non-hydrogen) atoms. The number of aromatic nitrogens is 1. The fourth-order valence-corrected chi connectivity index (χ4v) is 3.60. The van der Waals surface area contributed by atoms with E-state index >= 15 is 0 Å². The molecule has 0 aromatic carbocycles. The Labute approximate surface area is 96.1 Å². The monoisotopic (exact) mass is 224 g/mol. The second-order valence-corrected chi connectivity index (χ2v) is 5.94. The number of thiazole rings is 1. The third kappa shape index (κ3) is 1.83. The van der Waals surface area contributed by atoms with Crippen LogP contribution in [-0.2, 0) is 5.54 Å². The minimum Gasteiger partial charge on any atom is -0.308 e. The minimum absolute atomic E-state index is 0.192. The molecule has 3 heteroatoms. The van der Waals surface area contributed by atoms with Crippen LogP contribution >= 0.6 is 11.3 Å². The summed E-state index contributed by atoms with van der Waals surface area (Å²) < 4.78 is 0. The Hall–Kier alpha value is -0.410. The summed E-state index contributed by atoms with van der Waals surface area (Å²) >= 11 is 1.81. The van der Waals surface area contributed by atoms with Crippen molar-refractivity contribution in [3.63, 3.8) is 0 Å². The molecule has 1 heterocycles. The van der Waals surface area contributed by atoms with E-state index in [9.17, 15) is 0 Å². The summed E-state index contributed by atoms with van der Waals surface area (Å²) in [5.74, 6) is 1.38. The van der Waals surface area contributed by atoms with Crippen LogP contribution in [0.1, 0.15) is 50.2 Å². The Kier molecular flexibility index (Phi) is 2.86. The number of rotatable bonds is 3. The highest BCUT2D eigenvalue weighted by molar-refractivity contribution is 7.09. The van der Waals surface area contributed by atoms with E-state index in [1.807, 2.05) is 11.3 Å². The number of hydrogen-bond donors (Lipinski definition) is 1. The normalized spacial score (nSPS) is 30.6. The summed E-state index contributed by atoms with van der Waals surface area (Å²) in [6.45, 7) is 6.72. The molecule has 2 nitrogen and oxygen atoms in total. The van der Waals surface area contributed by atoms with Crippen molar-refractivity contribution in [2.45, 2.75) is 45.1 Å². The average molecular weight is 224 g/mol. The summed E-state index contributed by atoms with van der Waals surface area (Å²) in [5.41, 5.74) is 1.43. The molecule has 1 aromatic heterocycles. The minimum atomic E-state index is 0.192. The highest BCUT2D eigenvalue weighted by atomic mass is 32.1. The molecule has 0 atom stereocenters. The third-order valence-electron chi connectivity index (χ3n) is 3.40. The van der Waals surface area contributed by atoms with Gasteiger partial charge in [-0.3, -0.25) is 0 Å². The van der Waals surface area contributed by atoms with Gasteiger partial charge in [0.1, 0.15) is 5.01 Å². The molecule has 0 saturated heterocycles. The zero-order chi connectivity index (χ0) is 11.1. The first kappa shape index (κ1) is 11.1. The molecule has 1 aliphatic carbocycles. The average Bonchev–Trinajstić information content (AvgIpc) is 2.61. The molecule has 0 bridgehead atoms. The Balaban J connectivity index is 2.21. The maximum atomic E-state index is 4.77. The fourth-order valence-electron chi connectivity index (χ4n) is 2.39. The van der Waals surface area contributed by atoms with Gasteiger partial charge in [-0.1, -0.05) is 20.8 Å². The molecule has 2 rings (SSSR count). The molecular weight excluding hydrogens is 204 g/mol. The van der Waals surface area contributed by atoms with Gasteiger partial charge >= 0.3 is 0 Å². The van der Waals surface area contributed by atoms with E-state index in [0.29, 0.717) is 5.92 Å². The maximum Gasteiger partial charge on any atom is 0.113 e. The van der Waals surface area contributed by atoms with Crippen LogP contribution in [0.25, 0.3) is 0 Å². The quantitative estimate of drug-likeness (QED) is 0.853. The molecule has 1 aliphatic rings. The molecule has 1 saturated carbocycles. The second kappa shape index (κ2) is 3.87. The molecule has 0 radical (unpaired) electrons. The smallest absolute Gasteiger partial charge is 0.113 e. The largest absolute Gasteiger partial charge is 0.308 e. The van der Waals surface area contributed by atoms with Crippen LogP contribution in [0, 0.1) is 5.92 Å². The van der Waals surface area contributed by atoms with Gasteiger partial charge in [-0.25, -0.2) is 4.98 Å². The third-order valence-corrected chi connectivity index (χ3v) is 4.46. The van der Waals surface area contributed by atoms with Gasteiger partial charge in [0.2, 0.25) is 0 Å². The summed E-state index contributed by atoms with van der Waals surface area (Å²) in [7, 11) is 2.06. The van der Waals surface area contributed by atoms with E-state index in [0.717, 1.165) is 5.92 Å².